The molecule has 2 fully saturated rings. The molecule has 0 spiro atoms. The van der Waals surface area contributed by atoms with E-state index >= 15 is 0 Å². The van der Waals surface area contributed by atoms with Gasteiger partial charge in [-0.1, -0.05) is 42.8 Å². The van der Waals surface area contributed by atoms with E-state index in [4.69, 9.17) is 27.9 Å². The third kappa shape index (κ3) is 11.6. The van der Waals surface area contributed by atoms with Crippen molar-refractivity contribution in [1.29, 1.82) is 0 Å². The molecule has 0 saturated carbocycles. The zero-order chi connectivity index (χ0) is 40.8. The number of aromatic hydroxyl groups is 1. The van der Waals surface area contributed by atoms with Crippen LogP contribution in [-0.4, -0.2) is 70.8 Å². The molecule has 4 aromatic rings. The number of benzene rings is 2. The van der Waals surface area contributed by atoms with Crippen LogP contribution in [0.5, 0.6) is 11.5 Å². The number of hydrogen-bond donors (Lipinski definition) is 1. The van der Waals surface area contributed by atoms with Gasteiger partial charge < -0.3 is 19.6 Å². The first-order chi connectivity index (χ1) is 27.3. The van der Waals surface area contributed by atoms with Crippen molar-refractivity contribution in [2.45, 2.75) is 125 Å². The van der Waals surface area contributed by atoms with Gasteiger partial charge in [-0.2, -0.15) is 0 Å². The third-order valence-corrected chi connectivity index (χ3v) is 12.2. The molecular weight excluding hydrogens is 970 g/mol. The van der Waals surface area contributed by atoms with Crippen molar-refractivity contribution in [2.24, 2.45) is 0 Å². The molecule has 1 N–H and O–H groups in total. The first-order valence-electron chi connectivity index (χ1n) is 19.7. The van der Waals surface area contributed by atoms with Crippen molar-refractivity contribution in [2.75, 3.05) is 30.0 Å². The fourth-order valence-corrected chi connectivity index (χ4v) is 8.79. The highest BCUT2D eigenvalue weighted by Crippen LogP contribution is 2.38. The van der Waals surface area contributed by atoms with Crippen LogP contribution in [0.25, 0.3) is 0 Å². The molecule has 0 radical (unpaired) electrons. The quantitative estimate of drug-likeness (QED) is 0.180. The average Bonchev–Trinajstić information content (AvgIpc) is 3.81. The monoisotopic (exact) mass is 1020 g/mol. The van der Waals surface area contributed by atoms with Crippen LogP contribution in [0.4, 0.5) is 11.6 Å². The summed E-state index contributed by atoms with van der Waals surface area (Å²) in [6, 6.07) is 12.8. The normalized spacial score (nSPS) is 18.9. The van der Waals surface area contributed by atoms with Crippen molar-refractivity contribution in [3.05, 3.63) is 91.2 Å². The Hall–Kier alpha value is -2.20. The smallest absolute Gasteiger partial charge is 0.369 e. The van der Waals surface area contributed by atoms with Gasteiger partial charge in [0.1, 0.15) is 11.5 Å². The summed E-state index contributed by atoms with van der Waals surface area (Å²) < 4.78 is 5.67. The molecule has 2 aromatic carbocycles. The van der Waals surface area contributed by atoms with Crippen molar-refractivity contribution in [3.8, 4) is 11.5 Å². The molecule has 2 saturated heterocycles. The second-order valence-electron chi connectivity index (χ2n) is 15.6. The molecule has 0 amide bonds. The molecule has 10 nitrogen and oxygen atoms in total. The van der Waals surface area contributed by atoms with Crippen molar-refractivity contribution in [3.63, 3.8) is 0 Å². The molecule has 58 heavy (non-hydrogen) atoms. The summed E-state index contributed by atoms with van der Waals surface area (Å²) >= 11 is 22.1. The number of rotatable bonds is 7. The van der Waals surface area contributed by atoms with Gasteiger partial charge >= 0.3 is 3.18 Å². The van der Waals surface area contributed by atoms with Gasteiger partial charge in [0.15, 0.2) is 21.9 Å². The number of hydrogen-bond acceptors (Lipinski definition) is 10. The summed E-state index contributed by atoms with van der Waals surface area (Å²) in [6.07, 6.45) is 7.41. The Morgan fingerprint density at radius 3 is 1.57 bits per heavy atom. The minimum Gasteiger partial charge on any atom is -0.508 e. The van der Waals surface area contributed by atoms with Gasteiger partial charge in [0.05, 0.1) is 7.11 Å². The topological polar surface area (TPSA) is 94.0 Å². The number of phenolic OH excluding ortho intramolecular Hbond substituents is 1. The number of aromatic nitrogens is 4. The fraction of sp³-hybridized carbons (Fsp3) is 0.524. The number of phenols is 1. The molecular formula is C42H56BBr3Cl2N8O2. The lowest BCUT2D eigenvalue weighted by Gasteiger charge is -2.35. The van der Waals surface area contributed by atoms with Crippen LogP contribution in [0, 0.1) is 13.8 Å². The number of ether oxygens (including phenoxy) is 1. The van der Waals surface area contributed by atoms with E-state index in [1.807, 2.05) is 18.2 Å². The number of halogens is 5. The SMILES string of the molecule is BrB(Br)Br.C.COc1ccc(C)c(CN2Cc3c(Cl)nnc(N4CCCC[C@@H]4C)c3C2)c1.Cc1ccc(O)cc1CN1Cc2c(Cl)nnc(N3CCCC[C@@H]3C)c2C1. The van der Waals surface area contributed by atoms with Gasteiger partial charge in [0.25, 0.3) is 0 Å². The third-order valence-electron chi connectivity index (χ3n) is 11.6. The zero-order valence-electron chi connectivity index (χ0n) is 33.4. The highest BCUT2D eigenvalue weighted by atomic mass is 79.9. The lowest BCUT2D eigenvalue weighted by Crippen LogP contribution is -2.39. The van der Waals surface area contributed by atoms with E-state index in [9.17, 15) is 5.11 Å². The van der Waals surface area contributed by atoms with Crippen molar-refractivity contribution < 1.29 is 9.84 Å². The van der Waals surface area contributed by atoms with Crippen LogP contribution in [0.2, 0.25) is 10.3 Å². The minimum atomic E-state index is 0. The van der Waals surface area contributed by atoms with Gasteiger partial charge in [0, 0.05) is 86.7 Å². The molecule has 2 aromatic heterocycles. The highest BCUT2D eigenvalue weighted by molar-refractivity contribution is 9.69. The van der Waals surface area contributed by atoms with E-state index in [0.717, 1.165) is 86.4 Å². The Morgan fingerprint density at radius 1 is 0.690 bits per heavy atom. The largest absolute Gasteiger partial charge is 0.508 e. The Kier molecular flexibility index (Phi) is 17.4. The van der Waals surface area contributed by atoms with E-state index in [0.29, 0.717) is 28.1 Å². The standard InChI is InChI=1S/C21H27ClN4O.C20H25ClN4O.CH4.BBr3/c1-14-7-8-17(27-3)10-16(14)11-25-12-18-19(13-25)21(24-23-20(18)22)26-9-5-4-6-15(26)2;1-13-6-7-16(26)9-15(13)10-24-11-17-18(12-24)20(23-22-19(17)21)25-8-4-3-5-14(25)2;;2-1(3)4/h7-8,10,15H,4-6,9,11-13H2,1-3H3;6-7,9,14,26H,3-5,8,10-12H2,1-2H3;1H4;/t15-;14-;;/m00../s1. The van der Waals surface area contributed by atoms with Crippen LogP contribution in [0.15, 0.2) is 36.4 Å². The molecule has 6 heterocycles. The van der Waals surface area contributed by atoms with Gasteiger partial charge in [0.2, 0.25) is 0 Å². The number of nitrogens with zero attached hydrogens (tertiary/aromatic N) is 8. The lowest BCUT2D eigenvalue weighted by molar-refractivity contribution is 0.274. The maximum absolute atomic E-state index is 9.81. The van der Waals surface area contributed by atoms with Gasteiger partial charge in [-0.3, -0.25) is 9.80 Å². The number of aryl methyl sites for hydroxylation is 2. The van der Waals surface area contributed by atoms with E-state index in [1.165, 1.54) is 66.3 Å². The van der Waals surface area contributed by atoms with Crippen LogP contribution in [0.1, 0.15) is 104 Å². The molecule has 0 unspecified atom stereocenters. The summed E-state index contributed by atoms with van der Waals surface area (Å²) in [5.41, 5.74) is 9.60. The molecule has 0 aliphatic carbocycles. The predicted octanol–water partition coefficient (Wildman–Crippen LogP) is 11.2. The Morgan fingerprint density at radius 2 is 1.12 bits per heavy atom. The van der Waals surface area contributed by atoms with E-state index < -0.39 is 0 Å². The number of anilines is 2. The number of piperidine rings is 2. The average molecular weight is 1030 g/mol. The predicted molar refractivity (Wildman–Crippen MR) is 251 cm³/mol. The van der Waals surface area contributed by atoms with Crippen LogP contribution < -0.4 is 14.5 Å². The van der Waals surface area contributed by atoms with E-state index in [1.54, 1.807) is 13.2 Å². The molecule has 2 atom stereocenters. The first kappa shape index (κ1) is 46.9. The second kappa shape index (κ2) is 21.5. The van der Waals surface area contributed by atoms with Crippen molar-refractivity contribution in [1.82, 2.24) is 30.2 Å². The Labute approximate surface area is 380 Å². The lowest BCUT2D eigenvalue weighted by atomic mass is 10.0. The number of methoxy groups -OCH3 is 1. The minimum absolute atomic E-state index is 0. The van der Waals surface area contributed by atoms with Gasteiger partial charge in [-0.25, -0.2) is 0 Å². The van der Waals surface area contributed by atoms with Crippen molar-refractivity contribution >= 4 is 85.3 Å². The molecule has 4 aliphatic rings. The maximum Gasteiger partial charge on any atom is 0.369 e. The first-order valence-corrected chi connectivity index (χ1v) is 23.2. The highest BCUT2D eigenvalue weighted by Gasteiger charge is 2.32. The maximum atomic E-state index is 9.81. The number of fused-ring (bicyclic) bond motifs is 2. The second-order valence-corrected chi connectivity index (χ2v) is 22.7. The Bertz CT molecular complexity index is 2010. The summed E-state index contributed by atoms with van der Waals surface area (Å²) in [5, 5.41) is 28.4. The van der Waals surface area contributed by atoms with Crippen LogP contribution in [0.3, 0.4) is 0 Å². The molecule has 4 aliphatic heterocycles. The summed E-state index contributed by atoms with van der Waals surface area (Å²) in [7, 11) is 1.71. The zero-order valence-corrected chi connectivity index (χ0v) is 39.7. The molecule has 16 heteroatoms. The van der Waals surface area contributed by atoms with Crippen LogP contribution in [-0.2, 0) is 39.3 Å². The van der Waals surface area contributed by atoms with Gasteiger partial charge in [-0.15, -0.1) is 67.7 Å². The molecule has 314 valence electrons. The fourth-order valence-electron chi connectivity index (χ4n) is 8.37. The summed E-state index contributed by atoms with van der Waals surface area (Å²) in [6.45, 7) is 15.8. The van der Waals surface area contributed by atoms with E-state index in [-0.39, 0.29) is 10.6 Å². The van der Waals surface area contributed by atoms with Crippen LogP contribution >= 0.6 is 70.5 Å². The summed E-state index contributed by atoms with van der Waals surface area (Å²) in [5.74, 6) is 3.25. The molecule has 0 bridgehead atoms. The Balaban J connectivity index is 0.000000199. The summed E-state index contributed by atoms with van der Waals surface area (Å²) in [4.78, 5) is 9.58. The molecule has 8 rings (SSSR count). The van der Waals surface area contributed by atoms with Gasteiger partial charge in [-0.05, 0) is 113 Å². The van der Waals surface area contributed by atoms with E-state index in [2.05, 4.69) is 127 Å².